The highest BCUT2D eigenvalue weighted by molar-refractivity contribution is 9.08. The first-order valence-corrected chi connectivity index (χ1v) is 5.48. The van der Waals surface area contributed by atoms with Crippen LogP contribution in [-0.2, 0) is 5.33 Å². The summed E-state index contributed by atoms with van der Waals surface area (Å²) in [6.07, 6.45) is 1.76. The minimum absolute atomic E-state index is 0.237. The summed E-state index contributed by atoms with van der Waals surface area (Å²) in [5, 5.41) is 0.712. The molecule has 78 valence electrons. The van der Waals surface area contributed by atoms with Crippen molar-refractivity contribution in [2.75, 3.05) is 7.11 Å². The van der Waals surface area contributed by atoms with E-state index in [1.165, 1.54) is 7.11 Å². The van der Waals surface area contributed by atoms with E-state index in [4.69, 9.17) is 4.74 Å². The molecule has 2 aromatic rings. The van der Waals surface area contributed by atoms with Crippen LogP contribution < -0.4 is 10.3 Å². The highest BCUT2D eigenvalue weighted by atomic mass is 79.9. The molecule has 0 saturated heterocycles. The molecule has 0 aliphatic carbocycles. The van der Waals surface area contributed by atoms with E-state index in [1.54, 1.807) is 12.3 Å². The first-order chi connectivity index (χ1) is 7.24. The van der Waals surface area contributed by atoms with Gasteiger partial charge in [0.05, 0.1) is 18.1 Å². The van der Waals surface area contributed by atoms with Crippen molar-refractivity contribution in [3.63, 3.8) is 0 Å². The third-order valence-electron chi connectivity index (χ3n) is 2.09. The Morgan fingerprint density at radius 2 is 2.33 bits per heavy atom. The predicted molar refractivity (Wildman–Crippen MR) is 61.5 cm³/mol. The van der Waals surface area contributed by atoms with Crippen molar-refractivity contribution in [2.24, 2.45) is 0 Å². The van der Waals surface area contributed by atoms with Gasteiger partial charge < -0.3 is 9.72 Å². The molecule has 4 nitrogen and oxygen atoms in total. The Hall–Kier alpha value is -1.36. The standard InChI is InChI=1S/C10H9BrN2O2/c1-15-9-3-7-8(13-10(9)14)2-6(4-11)5-12-7/h2-3,5H,4H2,1H3,(H,13,14). The fourth-order valence-corrected chi connectivity index (χ4v) is 1.64. The summed E-state index contributed by atoms with van der Waals surface area (Å²) in [6.45, 7) is 0. The molecule has 2 rings (SSSR count). The number of nitrogens with one attached hydrogen (secondary N) is 1. The topological polar surface area (TPSA) is 55.0 Å². The lowest BCUT2D eigenvalue weighted by molar-refractivity contribution is 0.409. The second-order valence-corrected chi connectivity index (χ2v) is 3.64. The third-order valence-corrected chi connectivity index (χ3v) is 2.74. The number of nitrogens with zero attached hydrogens (tertiary/aromatic N) is 1. The van der Waals surface area contributed by atoms with Crippen LogP contribution in [0.4, 0.5) is 0 Å². The van der Waals surface area contributed by atoms with Crippen molar-refractivity contribution in [3.8, 4) is 5.75 Å². The molecular formula is C10H9BrN2O2. The number of hydrogen-bond donors (Lipinski definition) is 1. The maximum Gasteiger partial charge on any atom is 0.290 e. The van der Waals surface area contributed by atoms with Crippen LogP contribution in [-0.4, -0.2) is 17.1 Å². The number of halogens is 1. The average Bonchev–Trinajstić information content (AvgIpc) is 2.27. The second kappa shape index (κ2) is 4.02. The van der Waals surface area contributed by atoms with Gasteiger partial charge in [-0.25, -0.2) is 0 Å². The summed E-state index contributed by atoms with van der Waals surface area (Å²) in [7, 11) is 1.46. The van der Waals surface area contributed by atoms with Gasteiger partial charge in [0.15, 0.2) is 5.75 Å². The molecule has 0 saturated carbocycles. The Kier molecular flexibility index (Phi) is 2.73. The van der Waals surface area contributed by atoms with Crippen LogP contribution in [0.2, 0.25) is 0 Å². The zero-order valence-corrected chi connectivity index (χ0v) is 9.67. The molecule has 0 spiro atoms. The zero-order valence-electron chi connectivity index (χ0n) is 8.08. The number of alkyl halides is 1. The van der Waals surface area contributed by atoms with E-state index in [9.17, 15) is 4.79 Å². The normalized spacial score (nSPS) is 10.5. The molecule has 0 radical (unpaired) electrons. The van der Waals surface area contributed by atoms with Gasteiger partial charge in [-0.2, -0.15) is 0 Å². The quantitative estimate of drug-likeness (QED) is 0.846. The molecular weight excluding hydrogens is 260 g/mol. The van der Waals surface area contributed by atoms with Crippen LogP contribution in [0.5, 0.6) is 5.75 Å². The number of rotatable bonds is 2. The maximum absolute atomic E-state index is 11.4. The highest BCUT2D eigenvalue weighted by Gasteiger charge is 2.03. The van der Waals surface area contributed by atoms with Crippen LogP contribution in [0.1, 0.15) is 5.56 Å². The van der Waals surface area contributed by atoms with Gasteiger partial charge in [0.25, 0.3) is 5.56 Å². The highest BCUT2D eigenvalue weighted by Crippen LogP contribution is 2.14. The van der Waals surface area contributed by atoms with Crippen molar-refractivity contribution < 1.29 is 4.74 Å². The smallest absolute Gasteiger partial charge is 0.290 e. The Morgan fingerprint density at radius 1 is 1.53 bits per heavy atom. The fourth-order valence-electron chi connectivity index (χ4n) is 1.33. The molecule has 1 N–H and O–H groups in total. The number of methoxy groups -OCH3 is 1. The van der Waals surface area contributed by atoms with Gasteiger partial charge in [-0.3, -0.25) is 9.78 Å². The summed E-state index contributed by atoms with van der Waals surface area (Å²) in [5.41, 5.74) is 2.22. The molecule has 15 heavy (non-hydrogen) atoms. The number of H-pyrrole nitrogens is 1. The first kappa shape index (κ1) is 10.2. The molecule has 0 aliphatic rings. The lowest BCUT2D eigenvalue weighted by atomic mass is 10.2. The average molecular weight is 269 g/mol. The summed E-state index contributed by atoms with van der Waals surface area (Å²) >= 11 is 3.33. The summed E-state index contributed by atoms with van der Waals surface area (Å²) in [4.78, 5) is 18.4. The van der Waals surface area contributed by atoms with Crippen LogP contribution in [0.15, 0.2) is 23.1 Å². The van der Waals surface area contributed by atoms with Gasteiger partial charge in [-0.1, -0.05) is 15.9 Å². The first-order valence-electron chi connectivity index (χ1n) is 4.36. The molecule has 0 fully saturated rings. The third kappa shape index (κ3) is 1.87. The number of ether oxygens (including phenoxy) is 1. The van der Waals surface area contributed by atoms with Crippen molar-refractivity contribution in [1.82, 2.24) is 9.97 Å². The van der Waals surface area contributed by atoms with Crippen LogP contribution in [0, 0.1) is 0 Å². The molecule has 5 heteroatoms. The SMILES string of the molecule is COc1cc2ncc(CBr)cc2[nH]c1=O. The van der Waals surface area contributed by atoms with Crippen molar-refractivity contribution in [2.45, 2.75) is 5.33 Å². The minimum Gasteiger partial charge on any atom is -0.491 e. The van der Waals surface area contributed by atoms with Gasteiger partial charge in [0.1, 0.15) is 0 Å². The summed E-state index contributed by atoms with van der Waals surface area (Å²) < 4.78 is 4.92. The number of hydrogen-bond acceptors (Lipinski definition) is 3. The Morgan fingerprint density at radius 3 is 3.00 bits per heavy atom. The van der Waals surface area contributed by atoms with Gasteiger partial charge in [0.2, 0.25) is 0 Å². The molecule has 2 aromatic heterocycles. The molecule has 0 amide bonds. The van der Waals surface area contributed by atoms with Gasteiger partial charge in [0, 0.05) is 17.6 Å². The van der Waals surface area contributed by atoms with Crippen LogP contribution >= 0.6 is 15.9 Å². The summed E-state index contributed by atoms with van der Waals surface area (Å²) in [5.74, 6) is 0.279. The lowest BCUT2D eigenvalue weighted by Crippen LogP contribution is -2.09. The monoisotopic (exact) mass is 268 g/mol. The molecule has 0 aliphatic heterocycles. The van der Waals surface area contributed by atoms with Crippen molar-refractivity contribution in [3.05, 3.63) is 34.2 Å². The van der Waals surface area contributed by atoms with Crippen LogP contribution in [0.3, 0.4) is 0 Å². The molecule has 0 bridgehead atoms. The Balaban J connectivity index is 2.70. The van der Waals surface area contributed by atoms with Gasteiger partial charge in [-0.15, -0.1) is 0 Å². The second-order valence-electron chi connectivity index (χ2n) is 3.08. The Bertz CT molecular complexity index is 551. The minimum atomic E-state index is -0.237. The van der Waals surface area contributed by atoms with E-state index in [-0.39, 0.29) is 11.3 Å². The van der Waals surface area contributed by atoms with Crippen molar-refractivity contribution in [1.29, 1.82) is 0 Å². The maximum atomic E-state index is 11.4. The number of pyridine rings is 2. The molecule has 2 heterocycles. The van der Waals surface area contributed by atoms with E-state index < -0.39 is 0 Å². The van der Waals surface area contributed by atoms with E-state index in [0.717, 1.165) is 16.6 Å². The molecule has 0 unspecified atom stereocenters. The Labute approximate surface area is 94.4 Å². The summed E-state index contributed by atoms with van der Waals surface area (Å²) in [6, 6.07) is 3.52. The molecule has 0 aromatic carbocycles. The zero-order chi connectivity index (χ0) is 10.8. The largest absolute Gasteiger partial charge is 0.491 e. The van der Waals surface area contributed by atoms with E-state index in [2.05, 4.69) is 25.9 Å². The van der Waals surface area contributed by atoms with Crippen LogP contribution in [0.25, 0.3) is 11.0 Å². The fraction of sp³-hybridized carbons (Fsp3) is 0.200. The van der Waals surface area contributed by atoms with E-state index >= 15 is 0 Å². The lowest BCUT2D eigenvalue weighted by Gasteiger charge is -2.02. The van der Waals surface area contributed by atoms with E-state index in [1.807, 2.05) is 6.07 Å². The van der Waals surface area contributed by atoms with E-state index in [0.29, 0.717) is 5.33 Å². The van der Waals surface area contributed by atoms with Gasteiger partial charge in [-0.05, 0) is 11.6 Å². The predicted octanol–water partition coefficient (Wildman–Crippen LogP) is 1.83. The number of aromatic nitrogens is 2. The number of fused-ring (bicyclic) bond motifs is 1. The van der Waals surface area contributed by atoms with Gasteiger partial charge >= 0.3 is 0 Å². The molecule has 0 atom stereocenters. The number of aromatic amines is 1. The van der Waals surface area contributed by atoms with Crippen molar-refractivity contribution >= 4 is 27.0 Å².